The number of aromatic nitrogens is 2. The van der Waals surface area contributed by atoms with Crippen molar-refractivity contribution in [2.24, 2.45) is 0 Å². The molecule has 62 valence electrons. The molecule has 2 aromatic rings. The van der Waals surface area contributed by atoms with E-state index in [-0.39, 0.29) is 0 Å². The molecule has 12 heavy (non-hydrogen) atoms. The van der Waals surface area contributed by atoms with Gasteiger partial charge >= 0.3 is 0 Å². The number of thiophene rings is 1. The molecule has 0 bridgehead atoms. The smallest absolute Gasteiger partial charge is 0.232 e. The Bertz CT molecular complexity index is 353. The van der Waals surface area contributed by atoms with Gasteiger partial charge < -0.3 is 5.73 Å². The van der Waals surface area contributed by atoms with Gasteiger partial charge in [0.25, 0.3) is 0 Å². The van der Waals surface area contributed by atoms with Gasteiger partial charge in [0.15, 0.2) is 5.01 Å². The van der Waals surface area contributed by atoms with Crippen molar-refractivity contribution >= 4 is 28.8 Å². The molecule has 0 unspecified atom stereocenters. The number of anilines is 1. The maximum Gasteiger partial charge on any atom is 0.232 e. The van der Waals surface area contributed by atoms with Crippen LogP contribution in [0.4, 0.5) is 5.95 Å². The molecule has 2 N–H and O–H groups in total. The lowest BCUT2D eigenvalue weighted by atomic mass is 10.4. The summed E-state index contributed by atoms with van der Waals surface area (Å²) >= 11 is 3.05. The molecule has 2 heterocycles. The van der Waals surface area contributed by atoms with E-state index in [0.29, 0.717) is 5.95 Å². The van der Waals surface area contributed by atoms with Crippen LogP contribution in [0.5, 0.6) is 0 Å². The first-order valence-electron chi connectivity index (χ1n) is 3.42. The van der Waals surface area contributed by atoms with Gasteiger partial charge in [-0.05, 0) is 30.6 Å². The third kappa shape index (κ3) is 1.33. The van der Waals surface area contributed by atoms with E-state index in [9.17, 15) is 0 Å². The van der Waals surface area contributed by atoms with Crippen molar-refractivity contribution in [3.8, 4) is 9.88 Å². The Morgan fingerprint density at radius 1 is 1.42 bits per heavy atom. The molecule has 0 aliphatic heterocycles. The number of nitrogen functional groups attached to an aromatic ring is 1. The van der Waals surface area contributed by atoms with Gasteiger partial charge in [-0.15, -0.1) is 11.3 Å². The standard InChI is InChI=1S/C7H7N3S2/c1-4-2-3-5(11-4)6-9-7(8)10-12-6/h2-3H,1H3,(H2,8,10). The average molecular weight is 197 g/mol. The molecule has 0 amide bonds. The van der Waals surface area contributed by atoms with E-state index in [4.69, 9.17) is 5.73 Å². The summed E-state index contributed by atoms with van der Waals surface area (Å²) in [4.78, 5) is 6.51. The van der Waals surface area contributed by atoms with Crippen LogP contribution < -0.4 is 5.73 Å². The van der Waals surface area contributed by atoms with E-state index in [0.717, 1.165) is 9.88 Å². The molecule has 3 nitrogen and oxygen atoms in total. The highest BCUT2D eigenvalue weighted by molar-refractivity contribution is 7.19. The Morgan fingerprint density at radius 3 is 2.75 bits per heavy atom. The highest BCUT2D eigenvalue weighted by Gasteiger charge is 2.05. The first-order chi connectivity index (χ1) is 5.75. The van der Waals surface area contributed by atoms with E-state index < -0.39 is 0 Å². The first-order valence-corrected chi connectivity index (χ1v) is 5.01. The van der Waals surface area contributed by atoms with E-state index in [1.54, 1.807) is 11.3 Å². The number of hydrogen-bond donors (Lipinski definition) is 1. The van der Waals surface area contributed by atoms with E-state index >= 15 is 0 Å². The van der Waals surface area contributed by atoms with Crippen LogP contribution in [0.1, 0.15) is 4.88 Å². The van der Waals surface area contributed by atoms with Gasteiger partial charge in [0.05, 0.1) is 4.88 Å². The highest BCUT2D eigenvalue weighted by atomic mass is 32.1. The van der Waals surface area contributed by atoms with Crippen LogP contribution in [0, 0.1) is 6.92 Å². The van der Waals surface area contributed by atoms with Crippen molar-refractivity contribution in [3.05, 3.63) is 17.0 Å². The SMILES string of the molecule is Cc1ccc(-c2nc(N)ns2)s1. The first kappa shape index (κ1) is 7.70. The van der Waals surface area contributed by atoms with Gasteiger partial charge in [-0.2, -0.15) is 9.36 Å². The summed E-state index contributed by atoms with van der Waals surface area (Å²) in [5.74, 6) is 0.362. The molecule has 0 atom stereocenters. The normalized spacial score (nSPS) is 10.4. The molecule has 0 spiro atoms. The monoisotopic (exact) mass is 197 g/mol. The molecule has 0 aliphatic carbocycles. The predicted molar refractivity (Wildman–Crippen MR) is 52.4 cm³/mol. The summed E-state index contributed by atoms with van der Waals surface area (Å²) in [5, 5.41) is 0.908. The van der Waals surface area contributed by atoms with Crippen LogP contribution in [0.3, 0.4) is 0 Å². The highest BCUT2D eigenvalue weighted by Crippen LogP contribution is 2.28. The maximum atomic E-state index is 5.42. The third-order valence-corrected chi connectivity index (χ3v) is 3.29. The average Bonchev–Trinajstić information content (AvgIpc) is 2.58. The van der Waals surface area contributed by atoms with Crippen molar-refractivity contribution in [1.29, 1.82) is 0 Å². The Labute approximate surface area is 78.1 Å². The Balaban J connectivity index is 2.43. The summed E-state index contributed by atoms with van der Waals surface area (Å²) in [6.45, 7) is 2.07. The molecule has 5 heteroatoms. The van der Waals surface area contributed by atoms with Gasteiger partial charge in [0.2, 0.25) is 5.95 Å². The van der Waals surface area contributed by atoms with Gasteiger partial charge in [0, 0.05) is 4.88 Å². The Morgan fingerprint density at radius 2 is 2.25 bits per heavy atom. The van der Waals surface area contributed by atoms with Crippen molar-refractivity contribution in [2.75, 3.05) is 5.73 Å². The van der Waals surface area contributed by atoms with Crippen LogP contribution >= 0.6 is 22.9 Å². The largest absolute Gasteiger partial charge is 0.367 e. The molecule has 0 saturated heterocycles. The zero-order valence-corrected chi connectivity index (χ0v) is 8.08. The van der Waals surface area contributed by atoms with Crippen molar-refractivity contribution in [2.45, 2.75) is 6.92 Å². The molecular weight excluding hydrogens is 190 g/mol. The summed E-state index contributed by atoms with van der Waals surface area (Å²) in [6.07, 6.45) is 0. The minimum absolute atomic E-state index is 0.362. The lowest BCUT2D eigenvalue weighted by Crippen LogP contribution is -1.84. The van der Waals surface area contributed by atoms with E-state index in [1.165, 1.54) is 16.4 Å². The molecule has 2 aromatic heterocycles. The molecule has 0 radical (unpaired) electrons. The van der Waals surface area contributed by atoms with Crippen molar-refractivity contribution in [3.63, 3.8) is 0 Å². The van der Waals surface area contributed by atoms with Crippen molar-refractivity contribution in [1.82, 2.24) is 9.36 Å². The summed E-state index contributed by atoms with van der Waals surface area (Å²) in [5.41, 5.74) is 5.42. The second kappa shape index (κ2) is 2.84. The fourth-order valence-electron chi connectivity index (χ4n) is 0.884. The second-order valence-electron chi connectivity index (χ2n) is 2.37. The second-order valence-corrected chi connectivity index (χ2v) is 4.41. The fraction of sp³-hybridized carbons (Fsp3) is 0.143. The maximum absolute atomic E-state index is 5.42. The number of aryl methyl sites for hydroxylation is 1. The third-order valence-electron chi connectivity index (χ3n) is 1.39. The molecular formula is C7H7N3S2. The number of hydrogen-bond acceptors (Lipinski definition) is 5. The van der Waals surface area contributed by atoms with Crippen LogP contribution in [0.25, 0.3) is 9.88 Å². The molecule has 0 aromatic carbocycles. The summed E-state index contributed by atoms with van der Waals surface area (Å²) in [7, 11) is 0. The zero-order chi connectivity index (χ0) is 8.55. The lowest BCUT2D eigenvalue weighted by molar-refractivity contribution is 1.35. The Kier molecular flexibility index (Phi) is 1.82. The molecule has 0 aliphatic rings. The number of rotatable bonds is 1. The topological polar surface area (TPSA) is 51.8 Å². The lowest BCUT2D eigenvalue weighted by Gasteiger charge is -1.83. The quantitative estimate of drug-likeness (QED) is 0.762. The van der Waals surface area contributed by atoms with E-state index in [1.807, 2.05) is 6.07 Å². The molecule has 0 fully saturated rings. The minimum atomic E-state index is 0.362. The zero-order valence-electron chi connectivity index (χ0n) is 6.44. The fourth-order valence-corrected chi connectivity index (χ4v) is 2.39. The van der Waals surface area contributed by atoms with Gasteiger partial charge in [-0.25, -0.2) is 0 Å². The van der Waals surface area contributed by atoms with Crippen LogP contribution in [-0.4, -0.2) is 9.36 Å². The van der Waals surface area contributed by atoms with Gasteiger partial charge in [-0.1, -0.05) is 0 Å². The van der Waals surface area contributed by atoms with Gasteiger partial charge in [-0.3, -0.25) is 0 Å². The van der Waals surface area contributed by atoms with Crippen molar-refractivity contribution < 1.29 is 0 Å². The van der Waals surface area contributed by atoms with Crippen LogP contribution in [0.15, 0.2) is 12.1 Å². The number of nitrogens with zero attached hydrogens (tertiary/aromatic N) is 2. The summed E-state index contributed by atoms with van der Waals surface area (Å²) in [6, 6.07) is 4.11. The van der Waals surface area contributed by atoms with Gasteiger partial charge in [0.1, 0.15) is 0 Å². The van der Waals surface area contributed by atoms with Crippen LogP contribution in [0.2, 0.25) is 0 Å². The van der Waals surface area contributed by atoms with E-state index in [2.05, 4.69) is 22.3 Å². The Hall–Kier alpha value is -0.940. The molecule has 2 rings (SSSR count). The number of nitrogens with two attached hydrogens (primary N) is 1. The summed E-state index contributed by atoms with van der Waals surface area (Å²) < 4.78 is 3.92. The molecule has 0 saturated carbocycles. The minimum Gasteiger partial charge on any atom is -0.367 e. The van der Waals surface area contributed by atoms with Crippen LogP contribution in [-0.2, 0) is 0 Å². The predicted octanol–water partition coefficient (Wildman–Crippen LogP) is 2.16.